The van der Waals surface area contributed by atoms with Gasteiger partial charge in [-0.3, -0.25) is 8.98 Å². The molecule has 2 aliphatic heterocycles. The number of carbonyl (C=O) groups is 3. The Morgan fingerprint density at radius 1 is 0.940 bits per heavy atom. The summed E-state index contributed by atoms with van der Waals surface area (Å²) < 4.78 is 30.4. The number of unbranched alkanes of at least 4 members (excludes halogenated alkanes) is 1. The van der Waals surface area contributed by atoms with Crippen LogP contribution in [0.1, 0.15) is 77.5 Å². The molecule has 4 rings (SSSR count). The maximum absolute atomic E-state index is 11.8. The van der Waals surface area contributed by atoms with E-state index in [1.54, 1.807) is 0 Å². The Hall–Kier alpha value is -4.19. The number of fused-ring (bicyclic) bond motifs is 2. The van der Waals surface area contributed by atoms with Gasteiger partial charge in [0.25, 0.3) is 10.1 Å². The molecule has 0 bridgehead atoms. The molecule has 2 aromatic rings. The third-order valence-electron chi connectivity index (χ3n) is 8.41. The number of rotatable bonds is 12. The van der Waals surface area contributed by atoms with Crippen LogP contribution in [0.5, 0.6) is 0 Å². The Morgan fingerprint density at radius 3 is 2.16 bits per heavy atom. The molecule has 2 heterocycles. The number of allylic oxidation sites excluding steroid dienone is 6. The van der Waals surface area contributed by atoms with E-state index in [-0.39, 0.29) is 23.0 Å². The molecule has 0 saturated carbocycles. The van der Waals surface area contributed by atoms with Crippen molar-refractivity contribution in [3.8, 4) is 0 Å². The molecule has 0 spiro atoms. The summed E-state index contributed by atoms with van der Waals surface area (Å²) in [6, 6.07) is 14.7. The first-order chi connectivity index (χ1) is 23.8. The summed E-state index contributed by atoms with van der Waals surface area (Å²) in [5, 5.41) is 9.37. The Kier molecular flexibility index (Phi) is 20.0. The lowest BCUT2D eigenvalue weighted by atomic mass is 9.81. The molecule has 0 saturated heterocycles. The molecular formula is C39H58N3O7S+. The van der Waals surface area contributed by atoms with Gasteiger partial charge in [-0.15, -0.1) is 0 Å². The first-order valence-corrected chi connectivity index (χ1v) is 18.2. The quantitative estimate of drug-likeness (QED) is 0.107. The molecule has 2 aromatic carbocycles. The van der Waals surface area contributed by atoms with E-state index in [1.165, 1.54) is 30.8 Å². The van der Waals surface area contributed by atoms with Crippen LogP contribution in [0.2, 0.25) is 0 Å². The summed E-state index contributed by atoms with van der Waals surface area (Å²) in [7, 11) is -0.762. The van der Waals surface area contributed by atoms with Crippen LogP contribution in [-0.4, -0.2) is 76.4 Å². The molecule has 10 nitrogen and oxygen atoms in total. The number of aliphatic carboxylic acids is 1. The number of anilines is 1. The number of carboxylic acid groups (broad SMARTS) is 1. The van der Waals surface area contributed by atoms with E-state index < -0.39 is 16.1 Å². The second-order valence-electron chi connectivity index (χ2n) is 12.1. The molecular weight excluding hydrogens is 655 g/mol. The van der Waals surface area contributed by atoms with Crippen LogP contribution in [-0.2, 0) is 39.5 Å². The number of hydrogen-bond donors (Lipinski definition) is 2. The number of nitrogens with two attached hydrogens (primary N) is 1. The van der Waals surface area contributed by atoms with Crippen molar-refractivity contribution in [3.05, 3.63) is 95.2 Å². The van der Waals surface area contributed by atoms with E-state index >= 15 is 0 Å². The first-order valence-electron chi connectivity index (χ1n) is 16.6. The minimum absolute atomic E-state index is 0.00816. The molecule has 0 amide bonds. The molecule has 0 aromatic heterocycles. The summed E-state index contributed by atoms with van der Waals surface area (Å²) in [6.07, 6.45) is 11.6. The number of hydrogen-bond acceptors (Lipinski definition) is 8. The van der Waals surface area contributed by atoms with E-state index in [2.05, 4.69) is 103 Å². The normalized spacial score (nSPS) is 15.9. The highest BCUT2D eigenvalue weighted by molar-refractivity contribution is 7.86. The highest BCUT2D eigenvalue weighted by Gasteiger charge is 2.44. The van der Waals surface area contributed by atoms with Crippen LogP contribution in [0, 0.1) is 6.92 Å². The van der Waals surface area contributed by atoms with Crippen molar-refractivity contribution >= 4 is 46.8 Å². The van der Waals surface area contributed by atoms with E-state index in [0.29, 0.717) is 25.9 Å². The fourth-order valence-electron chi connectivity index (χ4n) is 6.11. The van der Waals surface area contributed by atoms with Gasteiger partial charge in [-0.1, -0.05) is 81.8 Å². The maximum Gasteiger partial charge on any atom is 0.305 e. The maximum atomic E-state index is 11.8. The number of nitrogens with zero attached hydrogens (tertiary/aromatic N) is 2. The van der Waals surface area contributed by atoms with Gasteiger partial charge in [-0.2, -0.15) is 13.0 Å². The molecule has 276 valence electrons. The summed E-state index contributed by atoms with van der Waals surface area (Å²) >= 11 is 0. The number of carbonyl (C=O) groups excluding carboxylic acids is 2. The second kappa shape index (κ2) is 21.8. The highest BCUT2D eigenvalue weighted by Crippen LogP contribution is 2.48. The number of carboxylic acids is 1. The van der Waals surface area contributed by atoms with Crippen molar-refractivity contribution in [3.63, 3.8) is 0 Å². The van der Waals surface area contributed by atoms with E-state index in [0.717, 1.165) is 22.8 Å². The molecule has 0 aliphatic carbocycles. The topological polar surface area (TPSA) is 147 Å². The average molecular weight is 713 g/mol. The summed E-state index contributed by atoms with van der Waals surface area (Å²) in [5.41, 5.74) is 12.1. The average Bonchev–Trinajstić information content (AvgIpc) is 3.46. The largest absolute Gasteiger partial charge is 0.481 e. The third kappa shape index (κ3) is 11.4. The van der Waals surface area contributed by atoms with E-state index in [1.807, 2.05) is 51.7 Å². The van der Waals surface area contributed by atoms with Crippen LogP contribution in [0.3, 0.4) is 0 Å². The summed E-state index contributed by atoms with van der Waals surface area (Å²) in [4.78, 5) is 29.5. The van der Waals surface area contributed by atoms with Gasteiger partial charge in [0.05, 0.1) is 24.7 Å². The smallest absolute Gasteiger partial charge is 0.305 e. The lowest BCUT2D eigenvalue weighted by molar-refractivity contribution is -0.438. The van der Waals surface area contributed by atoms with Gasteiger partial charge < -0.3 is 25.3 Å². The number of benzene rings is 2. The van der Waals surface area contributed by atoms with E-state index in [9.17, 15) is 18.3 Å². The SMILES string of the molecule is C=O.C=O.CC.CN.COS(=O)(=O)CCCC[N+]1=C(/C=C/C=C/C=C2\N(CCC(=O)O)c3ccc(C)cc3C2(C)C)C(C)(C)c2ccccc21. The Balaban J connectivity index is 0.00000280. The Labute approximate surface area is 300 Å². The van der Waals surface area contributed by atoms with Crippen molar-refractivity contribution in [1.82, 2.24) is 0 Å². The fraction of sp³-hybridized carbons (Fsp3) is 0.436. The predicted molar refractivity (Wildman–Crippen MR) is 205 cm³/mol. The Morgan fingerprint density at radius 2 is 1.56 bits per heavy atom. The Bertz CT molecular complexity index is 1620. The fourth-order valence-corrected chi connectivity index (χ4v) is 6.83. The number of aryl methyl sites for hydroxylation is 1. The standard InChI is InChI=1S/C34H42N2O5S.C2H6.CH5N.2CH2O/c1-25-18-19-29-27(24-25)34(4,5)31(36(29)22-20-32(37)38)17-9-7-8-16-30-33(2,3)26-14-10-11-15-28(26)35(30)21-12-13-23-42(39,40)41-6;4*1-2/h7-11,14-19,24H,12-13,20-23H2,1-6H3;1-2H3;2H2,1H3;2*1H2/p+1. The molecule has 0 atom stereocenters. The zero-order valence-corrected chi connectivity index (χ0v) is 32.2. The van der Waals surface area contributed by atoms with E-state index in [4.69, 9.17) is 9.59 Å². The minimum Gasteiger partial charge on any atom is -0.481 e. The number of para-hydroxylation sites is 1. The van der Waals surface area contributed by atoms with Crippen LogP contribution in [0.25, 0.3) is 0 Å². The highest BCUT2D eigenvalue weighted by atomic mass is 32.2. The van der Waals surface area contributed by atoms with Crippen LogP contribution in [0.15, 0.2) is 78.5 Å². The van der Waals surface area contributed by atoms with Crippen LogP contribution in [0.4, 0.5) is 11.4 Å². The van der Waals surface area contributed by atoms with Gasteiger partial charge in [-0.05, 0) is 51.9 Å². The first kappa shape index (κ1) is 45.8. The monoisotopic (exact) mass is 712 g/mol. The van der Waals surface area contributed by atoms with Crippen molar-refractivity contribution in [2.24, 2.45) is 5.73 Å². The van der Waals surface area contributed by atoms with Gasteiger partial charge in [0.2, 0.25) is 5.69 Å². The summed E-state index contributed by atoms with van der Waals surface area (Å²) in [5.74, 6) is -0.804. The second-order valence-corrected chi connectivity index (χ2v) is 13.9. The zero-order valence-electron chi connectivity index (χ0n) is 31.4. The predicted octanol–water partition coefficient (Wildman–Crippen LogP) is 6.63. The van der Waals surface area contributed by atoms with Crippen LogP contribution < -0.4 is 10.6 Å². The minimum atomic E-state index is -3.47. The van der Waals surface area contributed by atoms with Crippen molar-refractivity contribution in [2.45, 2.75) is 78.6 Å². The molecule has 50 heavy (non-hydrogen) atoms. The molecule has 0 unspecified atom stereocenters. The van der Waals surface area contributed by atoms with Gasteiger partial charge in [-0.25, -0.2) is 0 Å². The van der Waals surface area contributed by atoms with Crippen LogP contribution >= 0.6 is 0 Å². The van der Waals surface area contributed by atoms with Crippen molar-refractivity contribution < 1.29 is 36.7 Å². The molecule has 0 radical (unpaired) electrons. The van der Waals surface area contributed by atoms with Gasteiger partial charge in [0.15, 0.2) is 5.71 Å². The molecule has 11 heteroatoms. The zero-order chi connectivity index (χ0) is 38.7. The molecule has 3 N–H and O–H groups in total. The lowest BCUT2D eigenvalue weighted by Gasteiger charge is -2.26. The summed E-state index contributed by atoms with van der Waals surface area (Å²) in [6.45, 7) is 20.0. The van der Waals surface area contributed by atoms with Gasteiger partial charge in [0.1, 0.15) is 20.1 Å². The van der Waals surface area contributed by atoms with Crippen molar-refractivity contribution in [1.29, 1.82) is 0 Å². The third-order valence-corrected chi connectivity index (χ3v) is 9.70. The van der Waals surface area contributed by atoms with Crippen molar-refractivity contribution in [2.75, 3.05) is 37.9 Å². The molecule has 2 aliphatic rings. The van der Waals surface area contributed by atoms with Gasteiger partial charge >= 0.3 is 5.97 Å². The van der Waals surface area contributed by atoms with Gasteiger partial charge in [0, 0.05) is 47.5 Å². The molecule has 0 fully saturated rings. The lowest BCUT2D eigenvalue weighted by Crippen LogP contribution is -2.28.